The first-order chi connectivity index (χ1) is 20.1. The third-order valence-electron chi connectivity index (χ3n) is 8.49. The molecule has 12 heteroatoms. The van der Waals surface area contributed by atoms with Gasteiger partial charge in [-0.3, -0.25) is 9.97 Å². The number of sulfone groups is 1. The molecule has 0 N–H and O–H groups in total. The minimum Gasteiger partial charge on any atom is -0.496 e. The highest BCUT2D eigenvalue weighted by molar-refractivity contribution is 7.90. The number of nitriles is 1. The van der Waals surface area contributed by atoms with Gasteiger partial charge in [0.15, 0.2) is 5.82 Å². The normalized spacial score (nSPS) is 19.5. The molecule has 2 fully saturated rings. The molecule has 6 rings (SSSR count). The number of ether oxygens (including phenoxy) is 1. The van der Waals surface area contributed by atoms with Gasteiger partial charge in [0.1, 0.15) is 21.4 Å². The first-order valence-corrected chi connectivity index (χ1v) is 16.2. The summed E-state index contributed by atoms with van der Waals surface area (Å²) in [5.41, 5.74) is 4.16. The van der Waals surface area contributed by atoms with E-state index in [1.807, 2.05) is 36.0 Å². The fraction of sp³-hybridized carbons (Fsp3) is 0.433. The molecule has 0 saturated carbocycles. The van der Waals surface area contributed by atoms with E-state index in [-0.39, 0.29) is 23.6 Å². The highest BCUT2D eigenvalue weighted by Crippen LogP contribution is 2.37. The van der Waals surface area contributed by atoms with Gasteiger partial charge in [-0.1, -0.05) is 0 Å². The molecule has 2 saturated heterocycles. The van der Waals surface area contributed by atoms with Crippen LogP contribution in [-0.2, 0) is 9.84 Å². The third-order valence-corrected chi connectivity index (χ3v) is 9.52. The van der Waals surface area contributed by atoms with Gasteiger partial charge in [-0.15, -0.1) is 0 Å². The van der Waals surface area contributed by atoms with Gasteiger partial charge < -0.3 is 14.5 Å². The van der Waals surface area contributed by atoms with Crippen molar-refractivity contribution in [1.29, 1.82) is 5.26 Å². The van der Waals surface area contributed by atoms with Crippen molar-refractivity contribution in [3.05, 3.63) is 48.5 Å². The monoisotopic (exact) mass is 586 g/mol. The number of piperidine rings is 1. The molecule has 0 aliphatic carbocycles. The molecule has 4 aromatic heterocycles. The maximum atomic E-state index is 12.0. The Morgan fingerprint density at radius 3 is 2.57 bits per heavy atom. The summed E-state index contributed by atoms with van der Waals surface area (Å²) in [7, 11) is -1.44. The largest absolute Gasteiger partial charge is 0.496 e. The van der Waals surface area contributed by atoms with Crippen molar-refractivity contribution in [3.63, 3.8) is 0 Å². The molecule has 4 aromatic rings. The van der Waals surface area contributed by atoms with Gasteiger partial charge in [0, 0.05) is 85.1 Å². The molecule has 2 atom stereocenters. The third kappa shape index (κ3) is 5.25. The predicted octanol–water partition coefficient (Wildman–Crippen LogP) is 3.80. The van der Waals surface area contributed by atoms with E-state index in [1.54, 1.807) is 19.5 Å². The Hall–Kier alpha value is -4.24. The standard InChI is InChI=1S/C30H34N8O3S/c1-19-24-16-33-38(27(24)13-26(34-19)25-15-32-8-5-28(25)41-3)30-12-23(37-17-22(20(37)2)18-42(4,39)40)11-29(35-30)36-9-6-21(14-31)7-10-36/h5,8,11-13,15-16,20-22H,6-7,9-10,17-18H2,1-4H3/t20-,22-/m1/s1. The number of hydrogen-bond donors (Lipinski definition) is 0. The van der Waals surface area contributed by atoms with E-state index in [0.717, 1.165) is 65.3 Å². The van der Waals surface area contributed by atoms with Crippen LogP contribution in [0.3, 0.4) is 0 Å². The van der Waals surface area contributed by atoms with Crippen LogP contribution in [0.1, 0.15) is 25.5 Å². The molecule has 218 valence electrons. The zero-order valence-corrected chi connectivity index (χ0v) is 25.0. The number of pyridine rings is 3. The Morgan fingerprint density at radius 1 is 1.12 bits per heavy atom. The zero-order chi connectivity index (χ0) is 29.6. The minimum atomic E-state index is -3.07. The lowest BCUT2D eigenvalue weighted by molar-refractivity contribution is 0.341. The summed E-state index contributed by atoms with van der Waals surface area (Å²) >= 11 is 0. The number of aromatic nitrogens is 5. The fourth-order valence-corrected chi connectivity index (χ4v) is 7.18. The summed E-state index contributed by atoms with van der Waals surface area (Å²) in [4.78, 5) is 18.6. The van der Waals surface area contributed by atoms with E-state index in [4.69, 9.17) is 19.8 Å². The second kappa shape index (κ2) is 10.9. The van der Waals surface area contributed by atoms with Crippen molar-refractivity contribution in [2.75, 3.05) is 48.6 Å². The second-order valence-corrected chi connectivity index (χ2v) is 13.5. The van der Waals surface area contributed by atoms with Crippen LogP contribution in [0.5, 0.6) is 5.75 Å². The smallest absolute Gasteiger partial charge is 0.158 e. The van der Waals surface area contributed by atoms with Crippen LogP contribution in [0, 0.1) is 30.1 Å². The van der Waals surface area contributed by atoms with Crippen molar-refractivity contribution in [3.8, 4) is 28.9 Å². The first-order valence-electron chi connectivity index (χ1n) is 14.1. The van der Waals surface area contributed by atoms with Gasteiger partial charge in [0.05, 0.1) is 41.9 Å². The number of fused-ring (bicyclic) bond motifs is 1. The average molecular weight is 587 g/mol. The fourth-order valence-electron chi connectivity index (χ4n) is 6.02. The SMILES string of the molecule is COc1ccncc1-c1cc2c(cnn2-c2cc(N3C[C@H](CS(C)(=O)=O)[C@H]3C)cc(N3CCC(C#N)CC3)n2)c(C)n1. The van der Waals surface area contributed by atoms with Gasteiger partial charge in [0.25, 0.3) is 0 Å². The van der Waals surface area contributed by atoms with Crippen LogP contribution < -0.4 is 14.5 Å². The number of methoxy groups -OCH3 is 1. The van der Waals surface area contributed by atoms with Gasteiger partial charge in [-0.25, -0.2) is 18.1 Å². The van der Waals surface area contributed by atoms with E-state index in [2.05, 4.69) is 33.8 Å². The molecular weight excluding hydrogens is 552 g/mol. The molecule has 0 aromatic carbocycles. The Balaban J connectivity index is 1.44. The molecule has 0 unspecified atom stereocenters. The van der Waals surface area contributed by atoms with Crippen LogP contribution in [0.4, 0.5) is 11.5 Å². The molecule has 2 aliphatic heterocycles. The van der Waals surface area contributed by atoms with Crippen LogP contribution in [0.2, 0.25) is 0 Å². The molecule has 6 heterocycles. The summed E-state index contributed by atoms with van der Waals surface area (Å²) in [6.07, 6.45) is 8.12. The minimum absolute atomic E-state index is 0.0597. The van der Waals surface area contributed by atoms with Crippen LogP contribution in [0.25, 0.3) is 28.0 Å². The number of nitrogens with zero attached hydrogens (tertiary/aromatic N) is 8. The van der Waals surface area contributed by atoms with Crippen molar-refractivity contribution >= 4 is 32.2 Å². The van der Waals surface area contributed by atoms with Gasteiger partial charge in [-0.05, 0) is 38.8 Å². The molecule has 42 heavy (non-hydrogen) atoms. The average Bonchev–Trinajstić information content (AvgIpc) is 3.43. The van der Waals surface area contributed by atoms with Crippen molar-refractivity contribution in [1.82, 2.24) is 24.7 Å². The summed E-state index contributed by atoms with van der Waals surface area (Å²) in [6.45, 7) is 6.17. The molecule has 0 spiro atoms. The lowest BCUT2D eigenvalue weighted by Crippen LogP contribution is -2.57. The van der Waals surface area contributed by atoms with Crippen molar-refractivity contribution < 1.29 is 13.2 Å². The Labute approximate surface area is 245 Å². The second-order valence-electron chi connectivity index (χ2n) is 11.3. The number of anilines is 2. The Morgan fingerprint density at radius 2 is 1.88 bits per heavy atom. The summed E-state index contributed by atoms with van der Waals surface area (Å²) < 4.78 is 31.4. The highest BCUT2D eigenvalue weighted by Gasteiger charge is 2.38. The van der Waals surface area contributed by atoms with E-state index < -0.39 is 9.84 Å². The molecule has 0 bridgehead atoms. The van der Waals surface area contributed by atoms with Crippen LogP contribution >= 0.6 is 0 Å². The maximum Gasteiger partial charge on any atom is 0.158 e. The molecule has 0 radical (unpaired) electrons. The Kier molecular flexibility index (Phi) is 7.22. The van der Waals surface area contributed by atoms with Gasteiger partial charge >= 0.3 is 0 Å². The number of rotatable bonds is 7. The first kappa shape index (κ1) is 27.9. The quantitative estimate of drug-likeness (QED) is 0.315. The number of aryl methyl sites for hydroxylation is 1. The molecule has 2 aliphatic rings. The van der Waals surface area contributed by atoms with E-state index in [1.165, 1.54) is 6.26 Å². The van der Waals surface area contributed by atoms with Crippen molar-refractivity contribution in [2.24, 2.45) is 11.8 Å². The zero-order valence-electron chi connectivity index (χ0n) is 24.2. The van der Waals surface area contributed by atoms with E-state index in [9.17, 15) is 13.7 Å². The molecule has 0 amide bonds. The summed E-state index contributed by atoms with van der Waals surface area (Å²) in [6, 6.07) is 10.4. The van der Waals surface area contributed by atoms with Gasteiger partial charge in [0.2, 0.25) is 0 Å². The molecular formula is C30H34N8O3S. The lowest BCUT2D eigenvalue weighted by Gasteiger charge is -2.48. The van der Waals surface area contributed by atoms with Crippen LogP contribution in [-0.4, -0.2) is 77.9 Å². The summed E-state index contributed by atoms with van der Waals surface area (Å²) in [5.74, 6) is 2.47. The van der Waals surface area contributed by atoms with E-state index in [0.29, 0.717) is 18.1 Å². The molecule has 11 nitrogen and oxygen atoms in total. The summed E-state index contributed by atoms with van der Waals surface area (Å²) in [5, 5.41) is 15.1. The lowest BCUT2D eigenvalue weighted by atomic mass is 9.91. The van der Waals surface area contributed by atoms with E-state index >= 15 is 0 Å². The van der Waals surface area contributed by atoms with Crippen molar-refractivity contribution in [2.45, 2.75) is 32.7 Å². The van der Waals surface area contributed by atoms with Crippen LogP contribution in [0.15, 0.2) is 42.9 Å². The Bertz CT molecular complexity index is 1790. The maximum absolute atomic E-state index is 12.0. The highest BCUT2D eigenvalue weighted by atomic mass is 32.2. The topological polar surface area (TPSA) is 130 Å². The van der Waals surface area contributed by atoms with Gasteiger partial charge in [-0.2, -0.15) is 10.4 Å². The number of hydrogen-bond acceptors (Lipinski definition) is 10. The predicted molar refractivity (Wildman–Crippen MR) is 162 cm³/mol.